The Morgan fingerprint density at radius 1 is 1.16 bits per heavy atom. The average Bonchev–Trinajstić information content (AvgIpc) is 3.27. The molecule has 0 aliphatic carbocycles. The molecule has 0 unspecified atom stereocenters. The molecule has 0 aliphatic heterocycles. The largest absolute Gasteiger partial charge is 0.461 e. The molecule has 8 heteroatoms. The van der Waals surface area contributed by atoms with Crippen LogP contribution in [0.15, 0.2) is 58.1 Å². The fourth-order valence-electron chi connectivity index (χ4n) is 2.24. The number of halogens is 1. The quantitative estimate of drug-likeness (QED) is 0.290. The molecule has 25 heavy (non-hydrogen) atoms. The number of rotatable bonds is 7. The monoisotopic (exact) mass is 452 g/mol. The number of H-pyrrole nitrogens is 1. The Morgan fingerprint density at radius 2 is 2.00 bits per heavy atom. The summed E-state index contributed by atoms with van der Waals surface area (Å²) in [6.07, 6.45) is 3.14. The minimum Gasteiger partial charge on any atom is -0.461 e. The highest BCUT2D eigenvalue weighted by Crippen LogP contribution is 2.14. The summed E-state index contributed by atoms with van der Waals surface area (Å²) in [7, 11) is 0. The molecule has 4 N–H and O–H groups in total. The van der Waals surface area contributed by atoms with Crippen LogP contribution in [0.25, 0.3) is 11.6 Å². The number of guanidine groups is 1. The van der Waals surface area contributed by atoms with Gasteiger partial charge in [-0.3, -0.25) is 10.1 Å². The van der Waals surface area contributed by atoms with Gasteiger partial charge in [-0.2, -0.15) is 5.10 Å². The number of nitrogens with zero attached hydrogens (tertiary/aromatic N) is 3. The van der Waals surface area contributed by atoms with Gasteiger partial charge in [-0.05, 0) is 24.1 Å². The normalized spacial score (nSPS) is 11.1. The standard InChI is InChI=1S/C17H20N6O.HI/c18-17(19-10-8-13-5-2-1-3-6-13)20-11-9-15-21-16(23-22-15)14-7-4-12-24-14;/h1-7,12H,8-11H2,(H3,18,19,20)(H,21,22,23);1H. The molecule has 7 nitrogen and oxygen atoms in total. The SMILES string of the molecule is I.NC(=NCCc1nc(-c2ccco2)n[nH]1)NCCc1ccccc1. The number of nitrogens with two attached hydrogens (primary N) is 1. The summed E-state index contributed by atoms with van der Waals surface area (Å²) < 4.78 is 5.25. The molecule has 0 saturated carbocycles. The minimum absolute atomic E-state index is 0. The van der Waals surface area contributed by atoms with Crippen LogP contribution < -0.4 is 11.1 Å². The summed E-state index contributed by atoms with van der Waals surface area (Å²) in [4.78, 5) is 8.66. The fraction of sp³-hybridized carbons (Fsp3) is 0.235. The van der Waals surface area contributed by atoms with E-state index >= 15 is 0 Å². The zero-order valence-corrected chi connectivity index (χ0v) is 16.0. The van der Waals surface area contributed by atoms with Gasteiger partial charge < -0.3 is 15.5 Å². The summed E-state index contributed by atoms with van der Waals surface area (Å²) in [5.41, 5.74) is 7.13. The van der Waals surface area contributed by atoms with Crippen molar-refractivity contribution >= 4 is 29.9 Å². The zero-order valence-electron chi connectivity index (χ0n) is 13.7. The molecular formula is C17H21IN6O. The molecule has 0 bridgehead atoms. The maximum atomic E-state index is 5.86. The van der Waals surface area contributed by atoms with Crippen molar-refractivity contribution in [1.82, 2.24) is 20.5 Å². The van der Waals surface area contributed by atoms with Gasteiger partial charge in [0, 0.05) is 19.5 Å². The van der Waals surface area contributed by atoms with Crippen LogP contribution in [0.3, 0.4) is 0 Å². The van der Waals surface area contributed by atoms with Gasteiger partial charge in [-0.25, -0.2) is 4.98 Å². The number of nitrogens with one attached hydrogen (secondary N) is 2. The van der Waals surface area contributed by atoms with Crippen molar-refractivity contribution in [1.29, 1.82) is 0 Å². The smallest absolute Gasteiger partial charge is 0.216 e. The molecule has 0 amide bonds. The van der Waals surface area contributed by atoms with Gasteiger partial charge in [-0.1, -0.05) is 30.3 Å². The van der Waals surface area contributed by atoms with Crippen LogP contribution in [0.4, 0.5) is 0 Å². The van der Waals surface area contributed by atoms with E-state index in [0.717, 1.165) is 18.8 Å². The van der Waals surface area contributed by atoms with E-state index in [1.165, 1.54) is 5.56 Å². The molecule has 0 fully saturated rings. The first kappa shape index (κ1) is 19.0. The van der Waals surface area contributed by atoms with Crippen molar-refractivity contribution in [2.75, 3.05) is 13.1 Å². The lowest BCUT2D eigenvalue weighted by Crippen LogP contribution is -2.33. The summed E-state index contributed by atoms with van der Waals surface area (Å²) >= 11 is 0. The number of aliphatic imine (C=N–C) groups is 1. The van der Waals surface area contributed by atoms with E-state index in [9.17, 15) is 0 Å². The van der Waals surface area contributed by atoms with Crippen molar-refractivity contribution in [2.45, 2.75) is 12.8 Å². The van der Waals surface area contributed by atoms with Crippen molar-refractivity contribution in [3.63, 3.8) is 0 Å². The van der Waals surface area contributed by atoms with Crippen LogP contribution in [-0.2, 0) is 12.8 Å². The molecule has 3 rings (SSSR count). The molecule has 132 valence electrons. The summed E-state index contributed by atoms with van der Waals surface area (Å²) in [6, 6.07) is 13.9. The molecule has 2 heterocycles. The number of furan rings is 1. The van der Waals surface area contributed by atoms with Crippen molar-refractivity contribution < 1.29 is 4.42 Å². The first-order valence-electron chi connectivity index (χ1n) is 7.84. The Kier molecular flexibility index (Phi) is 7.45. The van der Waals surface area contributed by atoms with Gasteiger partial charge >= 0.3 is 0 Å². The third-order valence-corrected chi connectivity index (χ3v) is 3.47. The highest BCUT2D eigenvalue weighted by atomic mass is 127. The van der Waals surface area contributed by atoms with Crippen molar-refractivity contribution in [3.8, 4) is 11.6 Å². The summed E-state index contributed by atoms with van der Waals surface area (Å²) in [5, 5.41) is 10.1. The molecule has 2 aromatic heterocycles. The van der Waals surface area contributed by atoms with Gasteiger partial charge in [0.2, 0.25) is 5.82 Å². The lowest BCUT2D eigenvalue weighted by Gasteiger charge is -2.05. The van der Waals surface area contributed by atoms with E-state index in [2.05, 4.69) is 37.6 Å². The highest BCUT2D eigenvalue weighted by molar-refractivity contribution is 14.0. The lowest BCUT2D eigenvalue weighted by molar-refractivity contribution is 0.577. The van der Waals surface area contributed by atoms with Gasteiger partial charge in [-0.15, -0.1) is 24.0 Å². The highest BCUT2D eigenvalue weighted by Gasteiger charge is 2.07. The van der Waals surface area contributed by atoms with E-state index < -0.39 is 0 Å². The molecule has 0 aliphatic rings. The Bertz CT molecular complexity index is 770. The zero-order chi connectivity index (χ0) is 16.6. The summed E-state index contributed by atoms with van der Waals surface area (Å²) in [6.45, 7) is 1.29. The Morgan fingerprint density at radius 3 is 2.76 bits per heavy atom. The number of hydrogen-bond acceptors (Lipinski definition) is 4. The van der Waals surface area contributed by atoms with Crippen LogP contribution in [-0.4, -0.2) is 34.2 Å². The van der Waals surface area contributed by atoms with Crippen molar-refractivity contribution in [3.05, 3.63) is 60.1 Å². The predicted molar refractivity (Wildman–Crippen MR) is 108 cm³/mol. The number of benzene rings is 1. The molecule has 0 saturated heterocycles. The second-order valence-corrected chi connectivity index (χ2v) is 5.26. The van der Waals surface area contributed by atoms with E-state index in [1.807, 2.05) is 24.3 Å². The van der Waals surface area contributed by atoms with E-state index in [4.69, 9.17) is 10.2 Å². The Labute approximate surface area is 163 Å². The Hall–Kier alpha value is -2.36. The minimum atomic E-state index is 0. The average molecular weight is 452 g/mol. The van der Waals surface area contributed by atoms with Crippen LogP contribution in [0.2, 0.25) is 0 Å². The third-order valence-electron chi connectivity index (χ3n) is 3.47. The maximum absolute atomic E-state index is 5.86. The van der Waals surface area contributed by atoms with E-state index in [0.29, 0.717) is 30.5 Å². The van der Waals surface area contributed by atoms with Crippen LogP contribution in [0.5, 0.6) is 0 Å². The predicted octanol–water partition coefficient (Wildman–Crippen LogP) is 2.37. The first-order valence-corrected chi connectivity index (χ1v) is 7.84. The van der Waals surface area contributed by atoms with Crippen LogP contribution in [0.1, 0.15) is 11.4 Å². The summed E-state index contributed by atoms with van der Waals surface area (Å²) in [5.74, 6) is 2.38. The van der Waals surface area contributed by atoms with Crippen LogP contribution >= 0.6 is 24.0 Å². The molecule has 1 aromatic carbocycles. The number of aromatic nitrogens is 3. The second-order valence-electron chi connectivity index (χ2n) is 5.26. The van der Waals surface area contributed by atoms with Crippen molar-refractivity contribution in [2.24, 2.45) is 10.7 Å². The van der Waals surface area contributed by atoms with Gasteiger partial charge in [0.1, 0.15) is 5.82 Å². The first-order chi connectivity index (χ1) is 11.8. The second kappa shape index (κ2) is 9.82. The fourth-order valence-corrected chi connectivity index (χ4v) is 2.24. The molecule has 0 radical (unpaired) electrons. The maximum Gasteiger partial charge on any atom is 0.216 e. The van der Waals surface area contributed by atoms with Gasteiger partial charge in [0.25, 0.3) is 0 Å². The number of hydrogen-bond donors (Lipinski definition) is 3. The molecule has 0 atom stereocenters. The van der Waals surface area contributed by atoms with E-state index in [-0.39, 0.29) is 24.0 Å². The topological polar surface area (TPSA) is 105 Å². The molecule has 0 spiro atoms. The number of aromatic amines is 1. The Balaban J connectivity index is 0.00000225. The van der Waals surface area contributed by atoms with Gasteiger partial charge in [0.15, 0.2) is 11.7 Å². The van der Waals surface area contributed by atoms with Gasteiger partial charge in [0.05, 0.1) is 6.26 Å². The van der Waals surface area contributed by atoms with E-state index in [1.54, 1.807) is 12.3 Å². The lowest BCUT2D eigenvalue weighted by atomic mass is 10.1. The molecule has 3 aromatic rings. The molecular weight excluding hydrogens is 431 g/mol. The third kappa shape index (κ3) is 5.89. The van der Waals surface area contributed by atoms with Crippen LogP contribution in [0, 0.1) is 0 Å².